The molecule has 35 heavy (non-hydrogen) atoms. The van der Waals surface area contributed by atoms with Crippen molar-refractivity contribution in [1.29, 1.82) is 0 Å². The van der Waals surface area contributed by atoms with Gasteiger partial charge in [-0.2, -0.15) is 0 Å². The van der Waals surface area contributed by atoms with E-state index in [-0.39, 0.29) is 35.6 Å². The molecule has 3 N–H and O–H groups in total. The van der Waals surface area contributed by atoms with Gasteiger partial charge in [0.2, 0.25) is 5.91 Å². The molecular formula is C27H39NO7. The van der Waals surface area contributed by atoms with Gasteiger partial charge in [-0.1, -0.05) is 19.4 Å². The lowest BCUT2D eigenvalue weighted by molar-refractivity contribution is -0.160. The Bertz CT molecular complexity index is 926. The quantitative estimate of drug-likeness (QED) is 0.468. The first kappa shape index (κ1) is 25.9. The van der Waals surface area contributed by atoms with Gasteiger partial charge < -0.3 is 20.3 Å². The van der Waals surface area contributed by atoms with Crippen molar-refractivity contribution in [2.75, 3.05) is 0 Å². The predicted molar refractivity (Wildman–Crippen MR) is 127 cm³/mol. The highest BCUT2D eigenvalue weighted by Gasteiger charge is 2.59. The minimum absolute atomic E-state index is 0.0815. The summed E-state index contributed by atoms with van der Waals surface area (Å²) in [5.41, 5.74) is 1.38. The van der Waals surface area contributed by atoms with Crippen LogP contribution in [0.2, 0.25) is 0 Å². The molecule has 3 fully saturated rings. The van der Waals surface area contributed by atoms with Crippen LogP contribution in [0.25, 0.3) is 0 Å². The number of carboxylic acids is 1. The van der Waals surface area contributed by atoms with Gasteiger partial charge in [-0.25, -0.2) is 4.79 Å². The molecule has 0 bridgehead atoms. The van der Waals surface area contributed by atoms with Crippen molar-refractivity contribution in [2.24, 2.45) is 28.6 Å². The maximum atomic E-state index is 12.6. The molecule has 194 valence electrons. The summed E-state index contributed by atoms with van der Waals surface area (Å²) >= 11 is 0. The number of carbonyl (C=O) groups excluding carboxylic acids is 3. The Kier molecular flexibility index (Phi) is 7.15. The molecule has 1 amide bonds. The number of esters is 1. The third-order valence-electron chi connectivity index (χ3n) is 9.77. The summed E-state index contributed by atoms with van der Waals surface area (Å²) in [5.74, 6) is -0.463. The number of hydrogen-bond acceptors (Lipinski definition) is 6. The van der Waals surface area contributed by atoms with E-state index < -0.39 is 30.0 Å². The highest BCUT2D eigenvalue weighted by atomic mass is 16.5. The van der Waals surface area contributed by atoms with Gasteiger partial charge in [-0.15, -0.1) is 0 Å². The summed E-state index contributed by atoms with van der Waals surface area (Å²) in [6.07, 6.45) is 7.78. The number of aliphatic hydroxyl groups is 1. The van der Waals surface area contributed by atoms with E-state index >= 15 is 0 Å². The van der Waals surface area contributed by atoms with Gasteiger partial charge in [0.15, 0.2) is 11.8 Å². The Morgan fingerprint density at radius 2 is 1.83 bits per heavy atom. The summed E-state index contributed by atoms with van der Waals surface area (Å²) < 4.78 is 5.92. The van der Waals surface area contributed by atoms with Crippen molar-refractivity contribution in [2.45, 2.75) is 103 Å². The zero-order valence-corrected chi connectivity index (χ0v) is 21.0. The second kappa shape index (κ2) is 9.68. The summed E-state index contributed by atoms with van der Waals surface area (Å²) in [7, 11) is 0. The van der Waals surface area contributed by atoms with Crippen molar-refractivity contribution in [1.82, 2.24) is 5.32 Å². The number of allylic oxidation sites excluding steroid dienone is 1. The first-order valence-corrected chi connectivity index (χ1v) is 13.1. The smallest absolute Gasteiger partial charge is 0.328 e. The van der Waals surface area contributed by atoms with Gasteiger partial charge in [-0.3, -0.25) is 14.4 Å². The minimum Gasteiger partial charge on any atom is -0.480 e. The fourth-order valence-electron chi connectivity index (χ4n) is 7.77. The number of nitrogens with one attached hydrogen (secondary N) is 1. The lowest BCUT2D eigenvalue weighted by Crippen LogP contribution is -2.51. The van der Waals surface area contributed by atoms with Crippen LogP contribution < -0.4 is 5.32 Å². The fourth-order valence-corrected chi connectivity index (χ4v) is 7.77. The number of fused-ring (bicyclic) bond motifs is 5. The van der Waals surface area contributed by atoms with Crippen LogP contribution in [0.5, 0.6) is 0 Å². The lowest BCUT2D eigenvalue weighted by Gasteiger charge is -2.57. The van der Waals surface area contributed by atoms with E-state index in [0.717, 1.165) is 44.9 Å². The third-order valence-corrected chi connectivity index (χ3v) is 9.77. The molecule has 4 aliphatic carbocycles. The average molecular weight is 490 g/mol. The highest BCUT2D eigenvalue weighted by Crippen LogP contribution is 2.65. The highest BCUT2D eigenvalue weighted by molar-refractivity contribution is 5.91. The summed E-state index contributed by atoms with van der Waals surface area (Å²) in [4.78, 5) is 47.9. The first-order valence-electron chi connectivity index (χ1n) is 13.1. The van der Waals surface area contributed by atoms with Crippen molar-refractivity contribution >= 4 is 23.6 Å². The monoisotopic (exact) mass is 489 g/mol. The average Bonchev–Trinajstić information content (AvgIpc) is 3.12. The van der Waals surface area contributed by atoms with Gasteiger partial charge in [-0.05, 0) is 81.1 Å². The third kappa shape index (κ3) is 4.78. The molecule has 3 saturated carbocycles. The molecule has 0 aliphatic heterocycles. The molecule has 4 rings (SSSR count). The van der Waals surface area contributed by atoms with E-state index in [1.165, 1.54) is 12.5 Å². The Morgan fingerprint density at radius 3 is 2.51 bits per heavy atom. The molecular weight excluding hydrogens is 450 g/mol. The van der Waals surface area contributed by atoms with Crippen LogP contribution in [0.15, 0.2) is 11.6 Å². The Hall–Kier alpha value is -2.22. The molecule has 8 atom stereocenters. The number of amides is 1. The van der Waals surface area contributed by atoms with Crippen LogP contribution in [0.3, 0.4) is 0 Å². The maximum absolute atomic E-state index is 12.6. The molecule has 0 radical (unpaired) electrons. The number of hydrogen-bond donors (Lipinski definition) is 3. The number of carbonyl (C=O) groups is 4. The van der Waals surface area contributed by atoms with Gasteiger partial charge in [0.25, 0.3) is 0 Å². The molecule has 0 aromatic heterocycles. The molecule has 8 nitrogen and oxygen atoms in total. The zero-order chi connectivity index (χ0) is 25.5. The Balaban J connectivity index is 1.35. The molecule has 0 heterocycles. The molecule has 8 heteroatoms. The second-order valence-electron chi connectivity index (χ2n) is 11.7. The molecule has 0 unspecified atom stereocenters. The van der Waals surface area contributed by atoms with E-state index in [1.54, 1.807) is 0 Å². The van der Waals surface area contributed by atoms with E-state index in [1.807, 2.05) is 6.08 Å². The summed E-state index contributed by atoms with van der Waals surface area (Å²) in [6, 6.07) is -1.40. The van der Waals surface area contributed by atoms with Crippen LogP contribution in [0.4, 0.5) is 0 Å². The standard InChI is InChI=1S/C27H39NO7/c1-15(29)24(25(33)34)28-22(31)8-9-23(32)35-21-7-6-19-18-5-4-16-14-17(30)10-12-26(16,2)20(18)11-13-27(19,21)3/h14-15,18-21,24,29H,4-13H2,1-3H3,(H,28,31)(H,33,34)/t15-,18+,19+,20+,21-,24+,26+,27+/m1/s1. The second-order valence-corrected chi connectivity index (χ2v) is 11.7. The van der Waals surface area contributed by atoms with Gasteiger partial charge >= 0.3 is 11.9 Å². The van der Waals surface area contributed by atoms with Crippen molar-refractivity contribution in [3.8, 4) is 0 Å². The largest absolute Gasteiger partial charge is 0.480 e. The maximum Gasteiger partial charge on any atom is 0.328 e. The lowest BCUT2D eigenvalue weighted by atomic mass is 9.47. The number of ketones is 1. The van der Waals surface area contributed by atoms with E-state index in [2.05, 4.69) is 19.2 Å². The van der Waals surface area contributed by atoms with Crippen molar-refractivity contribution in [3.63, 3.8) is 0 Å². The molecule has 4 aliphatic rings. The Morgan fingerprint density at radius 1 is 1.09 bits per heavy atom. The number of aliphatic carboxylic acids is 1. The SMILES string of the molecule is C[C@@H](O)[C@H](NC(=O)CCC(=O)O[C@@H]1CC[C@H]2[C@@H]3CCC4=CC(=O)CC[C@]4(C)[C@H]3CC[C@]12C)C(=O)O. The topological polar surface area (TPSA) is 130 Å². The molecule has 0 aromatic rings. The number of rotatable bonds is 7. The normalized spacial score (nSPS) is 37.7. The van der Waals surface area contributed by atoms with Crippen molar-refractivity contribution in [3.05, 3.63) is 11.6 Å². The van der Waals surface area contributed by atoms with E-state index in [0.29, 0.717) is 24.2 Å². The van der Waals surface area contributed by atoms with Crippen LogP contribution in [-0.2, 0) is 23.9 Å². The van der Waals surface area contributed by atoms with Gasteiger partial charge in [0.05, 0.1) is 12.5 Å². The van der Waals surface area contributed by atoms with Crippen LogP contribution in [-0.4, -0.2) is 52.1 Å². The van der Waals surface area contributed by atoms with Crippen molar-refractivity contribution < 1.29 is 34.1 Å². The number of carboxylic acid groups (broad SMARTS) is 1. The molecule has 0 spiro atoms. The fraction of sp³-hybridized carbons (Fsp3) is 0.778. The van der Waals surface area contributed by atoms with Gasteiger partial charge in [0, 0.05) is 18.3 Å². The summed E-state index contributed by atoms with van der Waals surface area (Å²) in [5, 5.41) is 20.8. The summed E-state index contributed by atoms with van der Waals surface area (Å²) in [6.45, 7) is 5.90. The van der Waals surface area contributed by atoms with Crippen LogP contribution in [0, 0.1) is 28.6 Å². The first-order chi connectivity index (χ1) is 16.5. The Labute approximate surface area is 206 Å². The molecule has 0 saturated heterocycles. The predicted octanol–water partition coefficient (Wildman–Crippen LogP) is 3.16. The van der Waals surface area contributed by atoms with E-state index in [9.17, 15) is 24.3 Å². The number of aliphatic hydroxyl groups excluding tert-OH is 1. The van der Waals surface area contributed by atoms with Crippen LogP contribution in [0.1, 0.15) is 85.0 Å². The minimum atomic E-state index is -1.40. The zero-order valence-electron chi connectivity index (χ0n) is 21.0. The van der Waals surface area contributed by atoms with E-state index in [4.69, 9.17) is 9.84 Å². The number of ether oxygens (including phenoxy) is 1. The van der Waals surface area contributed by atoms with Crippen LogP contribution >= 0.6 is 0 Å². The molecule has 0 aromatic carbocycles. The van der Waals surface area contributed by atoms with Gasteiger partial charge in [0.1, 0.15) is 6.10 Å².